The lowest BCUT2D eigenvalue weighted by molar-refractivity contribution is 0.838. The van der Waals surface area contributed by atoms with Gasteiger partial charge in [-0.05, 0) is 89.2 Å². The highest BCUT2D eigenvalue weighted by Crippen LogP contribution is 2.43. The second-order valence-corrected chi connectivity index (χ2v) is 28.3. The third-order valence-corrected chi connectivity index (χ3v) is 24.8. The van der Waals surface area contributed by atoms with Crippen molar-refractivity contribution in [3.63, 3.8) is 0 Å². The van der Waals surface area contributed by atoms with Crippen molar-refractivity contribution in [2.75, 3.05) is 0 Å². The van der Waals surface area contributed by atoms with Crippen LogP contribution in [0.4, 0.5) is 0 Å². The average molecular weight is 743 g/mol. The first kappa shape index (κ1) is 40.8. The molecule has 0 aromatic heterocycles. The minimum Gasteiger partial charge on any atom is -0.125 e. The number of hydrogen-bond donors (Lipinski definition) is 0. The molecule has 2 heteroatoms. The second-order valence-electron chi connectivity index (χ2n) is 17.1. The summed E-state index contributed by atoms with van der Waals surface area (Å²) in [6, 6.07) is 35.0. The first-order valence-corrected chi connectivity index (χ1v) is 24.7. The van der Waals surface area contributed by atoms with Crippen LogP contribution in [0.5, 0.6) is 0 Å². The molecule has 0 heterocycles. The van der Waals surface area contributed by atoms with Crippen molar-refractivity contribution in [2.24, 2.45) is 0 Å². The SMILES string of the molecule is CC(C)[Si](C#Cc1c2ccc(C=Cc3ccccc3)cc2c(C#C[Si](C(C)C)(C(C)C)C(C)C)c2ccc(C=Cc3ccccc3)cc12)(C(C)C)C(C)C. The van der Waals surface area contributed by atoms with E-state index in [2.05, 4.69) is 227 Å². The largest absolute Gasteiger partial charge is 0.146 e. The Morgan fingerprint density at radius 1 is 0.352 bits per heavy atom. The molecule has 0 aliphatic rings. The van der Waals surface area contributed by atoms with E-state index in [9.17, 15) is 0 Å². The summed E-state index contributed by atoms with van der Waals surface area (Å²) >= 11 is 0. The van der Waals surface area contributed by atoms with Crippen LogP contribution in [-0.2, 0) is 0 Å². The van der Waals surface area contributed by atoms with Gasteiger partial charge < -0.3 is 0 Å². The molecule has 0 aliphatic carbocycles. The van der Waals surface area contributed by atoms with Gasteiger partial charge in [-0.25, -0.2) is 0 Å². The normalized spacial score (nSPS) is 12.6. The molecule has 0 bridgehead atoms. The highest BCUT2D eigenvalue weighted by atomic mass is 28.3. The van der Waals surface area contributed by atoms with E-state index >= 15 is 0 Å². The third kappa shape index (κ3) is 8.32. The summed E-state index contributed by atoms with van der Waals surface area (Å²) in [5.41, 5.74) is 18.5. The Morgan fingerprint density at radius 2 is 0.648 bits per heavy atom. The molecular weight excluding hydrogens is 681 g/mol. The number of benzene rings is 5. The molecule has 0 amide bonds. The van der Waals surface area contributed by atoms with Gasteiger partial charge in [-0.3, -0.25) is 0 Å². The van der Waals surface area contributed by atoms with Crippen molar-refractivity contribution in [3.8, 4) is 22.9 Å². The number of fused-ring (bicyclic) bond motifs is 2. The highest BCUT2D eigenvalue weighted by molar-refractivity contribution is 6.91. The van der Waals surface area contributed by atoms with Crippen LogP contribution in [0.1, 0.15) is 116 Å². The van der Waals surface area contributed by atoms with Gasteiger partial charge in [-0.15, -0.1) is 11.1 Å². The van der Waals surface area contributed by atoms with Crippen molar-refractivity contribution in [2.45, 2.75) is 116 Å². The Bertz CT molecular complexity index is 2040. The van der Waals surface area contributed by atoms with Crippen molar-refractivity contribution < 1.29 is 0 Å². The molecule has 5 aromatic rings. The molecule has 0 atom stereocenters. The Morgan fingerprint density at radius 3 is 0.944 bits per heavy atom. The molecule has 0 spiro atoms. The molecule has 0 radical (unpaired) electrons. The van der Waals surface area contributed by atoms with Crippen molar-refractivity contribution in [3.05, 3.63) is 130 Å². The minimum atomic E-state index is -2.02. The van der Waals surface area contributed by atoms with Crippen LogP contribution in [0.25, 0.3) is 45.8 Å². The zero-order valence-corrected chi connectivity index (χ0v) is 37.0. The molecule has 54 heavy (non-hydrogen) atoms. The van der Waals surface area contributed by atoms with Gasteiger partial charge in [0, 0.05) is 11.1 Å². The zero-order valence-electron chi connectivity index (χ0n) is 35.0. The maximum absolute atomic E-state index is 4.12. The van der Waals surface area contributed by atoms with Crippen LogP contribution < -0.4 is 0 Å². The summed E-state index contributed by atoms with van der Waals surface area (Å²) in [5.74, 6) is 7.96. The van der Waals surface area contributed by atoms with Gasteiger partial charge in [-0.2, -0.15) is 0 Å². The molecule has 0 nitrogen and oxygen atoms in total. The van der Waals surface area contributed by atoms with E-state index in [1.807, 2.05) is 0 Å². The van der Waals surface area contributed by atoms with Crippen LogP contribution in [0.2, 0.25) is 33.2 Å². The molecule has 0 aliphatic heterocycles. The molecule has 0 saturated carbocycles. The minimum absolute atomic E-state index is 0.549. The third-order valence-electron chi connectivity index (χ3n) is 12.2. The summed E-state index contributed by atoms with van der Waals surface area (Å²) in [7, 11) is -4.04. The number of hydrogen-bond acceptors (Lipinski definition) is 0. The standard InChI is InChI=1S/C52H62Si2/c1-37(2)53(38(3)4,39(5)6)33-31-49-47-29-27-46(26-24-44-21-17-14-18-22-44)36-52(47)50(32-34-54(40(7)8,41(9)10)42(11)12)48-30-28-45(35-51(48)49)25-23-43-19-15-13-16-20-43/h13-30,35-42H,1-12H3. The molecule has 5 aromatic carbocycles. The first-order valence-electron chi connectivity index (χ1n) is 20.3. The predicted molar refractivity (Wildman–Crippen MR) is 248 cm³/mol. The van der Waals surface area contributed by atoms with E-state index in [1.165, 1.54) is 43.8 Å². The van der Waals surface area contributed by atoms with Crippen LogP contribution in [0, 0.1) is 22.9 Å². The lowest BCUT2D eigenvalue weighted by atomic mass is 9.90. The van der Waals surface area contributed by atoms with Gasteiger partial charge in [-0.1, -0.05) is 204 Å². The van der Waals surface area contributed by atoms with E-state index in [4.69, 9.17) is 0 Å². The quantitative estimate of drug-likeness (QED) is 0.0578. The van der Waals surface area contributed by atoms with Gasteiger partial charge in [0.25, 0.3) is 0 Å². The fourth-order valence-corrected chi connectivity index (χ4v) is 19.9. The molecule has 278 valence electrons. The van der Waals surface area contributed by atoms with Gasteiger partial charge in [0.2, 0.25) is 0 Å². The summed E-state index contributed by atoms with van der Waals surface area (Å²) in [4.78, 5) is 0. The van der Waals surface area contributed by atoms with Gasteiger partial charge in [0.15, 0.2) is 0 Å². The molecule has 0 fully saturated rings. The van der Waals surface area contributed by atoms with Gasteiger partial charge in [0.05, 0.1) is 0 Å². The summed E-state index contributed by atoms with van der Waals surface area (Å²) < 4.78 is 0. The lowest BCUT2D eigenvalue weighted by Gasteiger charge is -2.38. The Labute approximate surface area is 330 Å². The summed E-state index contributed by atoms with van der Waals surface area (Å²) in [5, 5.41) is 4.80. The van der Waals surface area contributed by atoms with E-state index in [1.54, 1.807) is 0 Å². The maximum atomic E-state index is 4.12. The van der Waals surface area contributed by atoms with Crippen molar-refractivity contribution in [1.82, 2.24) is 0 Å². The Hall–Kier alpha value is -4.35. The highest BCUT2D eigenvalue weighted by Gasteiger charge is 2.42. The molecule has 0 N–H and O–H groups in total. The van der Waals surface area contributed by atoms with E-state index in [0.29, 0.717) is 33.2 Å². The predicted octanol–water partition coefficient (Wildman–Crippen LogP) is 15.5. The maximum Gasteiger partial charge on any atom is 0.146 e. The average Bonchev–Trinajstić information content (AvgIpc) is 3.13. The first-order chi connectivity index (χ1) is 25.7. The van der Waals surface area contributed by atoms with Crippen molar-refractivity contribution in [1.29, 1.82) is 0 Å². The molecule has 0 saturated heterocycles. The molecular formula is C52H62Si2. The van der Waals surface area contributed by atoms with Crippen molar-refractivity contribution >= 4 is 62.0 Å². The van der Waals surface area contributed by atoms with E-state index in [0.717, 1.165) is 11.1 Å². The van der Waals surface area contributed by atoms with Crippen LogP contribution in [-0.4, -0.2) is 16.1 Å². The smallest absolute Gasteiger partial charge is 0.125 e. The van der Waals surface area contributed by atoms with Gasteiger partial charge >= 0.3 is 0 Å². The topological polar surface area (TPSA) is 0 Å². The van der Waals surface area contributed by atoms with Crippen LogP contribution >= 0.6 is 0 Å². The molecule has 0 unspecified atom stereocenters. The summed E-state index contributed by atoms with van der Waals surface area (Å²) in [6.07, 6.45) is 8.90. The zero-order chi connectivity index (χ0) is 39.2. The van der Waals surface area contributed by atoms with E-state index in [-0.39, 0.29) is 0 Å². The second kappa shape index (κ2) is 17.4. The lowest BCUT2D eigenvalue weighted by Crippen LogP contribution is -2.43. The molecule has 5 rings (SSSR count). The Kier molecular flexibility index (Phi) is 13.2. The summed E-state index contributed by atoms with van der Waals surface area (Å²) in [6.45, 7) is 28.9. The monoisotopic (exact) mass is 742 g/mol. The van der Waals surface area contributed by atoms with Gasteiger partial charge in [0.1, 0.15) is 16.1 Å². The fourth-order valence-electron chi connectivity index (χ4n) is 9.46. The fraction of sp³-hybridized carbons (Fsp3) is 0.346. The van der Waals surface area contributed by atoms with Crippen LogP contribution in [0.15, 0.2) is 97.1 Å². The van der Waals surface area contributed by atoms with E-state index < -0.39 is 16.1 Å². The Balaban J connectivity index is 1.91. The van der Waals surface area contributed by atoms with Crippen LogP contribution in [0.3, 0.4) is 0 Å². The number of rotatable bonds is 10.